The van der Waals surface area contributed by atoms with Gasteiger partial charge < -0.3 is 5.32 Å². The SMILES string of the molecule is CCc1cccc(C)c1NC(=O)C(CC)N(c1cccc(Cl)c1)S(C)(=O)=O. The number of benzene rings is 2. The van der Waals surface area contributed by atoms with Crippen LogP contribution in [0.3, 0.4) is 0 Å². The number of hydrogen-bond donors (Lipinski definition) is 1. The summed E-state index contributed by atoms with van der Waals surface area (Å²) in [5.74, 6) is -0.369. The van der Waals surface area contributed by atoms with E-state index >= 15 is 0 Å². The lowest BCUT2D eigenvalue weighted by Gasteiger charge is -2.30. The van der Waals surface area contributed by atoms with Crippen molar-refractivity contribution >= 4 is 38.9 Å². The molecule has 146 valence electrons. The van der Waals surface area contributed by atoms with Crippen LogP contribution in [0.1, 0.15) is 31.4 Å². The van der Waals surface area contributed by atoms with E-state index in [0.29, 0.717) is 17.1 Å². The molecule has 0 aliphatic rings. The van der Waals surface area contributed by atoms with Crippen LogP contribution < -0.4 is 9.62 Å². The summed E-state index contributed by atoms with van der Waals surface area (Å²) in [6, 6.07) is 11.4. The first kappa shape index (κ1) is 21.3. The second-order valence-corrected chi connectivity index (χ2v) is 8.71. The summed E-state index contributed by atoms with van der Waals surface area (Å²) in [6.45, 7) is 5.71. The van der Waals surface area contributed by atoms with Crippen molar-refractivity contribution in [1.82, 2.24) is 0 Å². The lowest BCUT2D eigenvalue weighted by molar-refractivity contribution is -0.117. The Morgan fingerprint density at radius 3 is 2.41 bits per heavy atom. The predicted octanol–water partition coefficient (Wildman–Crippen LogP) is 4.39. The minimum absolute atomic E-state index is 0.318. The van der Waals surface area contributed by atoms with Gasteiger partial charge in [-0.05, 0) is 49.1 Å². The second-order valence-electron chi connectivity index (χ2n) is 6.41. The van der Waals surface area contributed by atoms with Gasteiger partial charge >= 0.3 is 0 Å². The molecule has 2 aromatic rings. The summed E-state index contributed by atoms with van der Waals surface area (Å²) >= 11 is 6.03. The average Bonchev–Trinajstić information content (AvgIpc) is 2.59. The zero-order chi connectivity index (χ0) is 20.2. The molecule has 0 aromatic heterocycles. The van der Waals surface area contributed by atoms with Crippen LogP contribution >= 0.6 is 11.6 Å². The van der Waals surface area contributed by atoms with E-state index in [0.717, 1.165) is 33.8 Å². The lowest BCUT2D eigenvalue weighted by atomic mass is 10.0. The van der Waals surface area contributed by atoms with Gasteiger partial charge in [0.15, 0.2) is 0 Å². The van der Waals surface area contributed by atoms with Crippen molar-refractivity contribution in [2.75, 3.05) is 15.9 Å². The van der Waals surface area contributed by atoms with Crippen molar-refractivity contribution in [2.45, 2.75) is 39.7 Å². The number of carbonyl (C=O) groups excluding carboxylic acids is 1. The highest BCUT2D eigenvalue weighted by molar-refractivity contribution is 7.92. The number of halogens is 1. The van der Waals surface area contributed by atoms with Crippen molar-refractivity contribution in [1.29, 1.82) is 0 Å². The molecule has 2 aromatic carbocycles. The fourth-order valence-electron chi connectivity index (χ4n) is 3.08. The maximum absolute atomic E-state index is 13.1. The number of para-hydroxylation sites is 1. The molecule has 2 rings (SSSR count). The normalized spacial score (nSPS) is 12.5. The number of nitrogens with zero attached hydrogens (tertiary/aromatic N) is 1. The Hall–Kier alpha value is -2.05. The molecule has 0 saturated carbocycles. The van der Waals surface area contributed by atoms with Crippen LogP contribution in [-0.4, -0.2) is 26.6 Å². The van der Waals surface area contributed by atoms with Crippen LogP contribution in [0.25, 0.3) is 0 Å². The lowest BCUT2D eigenvalue weighted by Crippen LogP contribution is -2.47. The molecule has 0 heterocycles. The molecule has 1 N–H and O–H groups in total. The third-order valence-electron chi connectivity index (χ3n) is 4.38. The number of amides is 1. The molecule has 1 unspecified atom stereocenters. The Kier molecular flexibility index (Phi) is 6.89. The largest absolute Gasteiger partial charge is 0.324 e. The Morgan fingerprint density at radius 2 is 1.85 bits per heavy atom. The van der Waals surface area contributed by atoms with Crippen LogP contribution in [0.2, 0.25) is 5.02 Å². The molecule has 7 heteroatoms. The number of carbonyl (C=O) groups is 1. The maximum Gasteiger partial charge on any atom is 0.248 e. The van der Waals surface area contributed by atoms with Crippen molar-refractivity contribution in [3.63, 3.8) is 0 Å². The van der Waals surface area contributed by atoms with Gasteiger partial charge in [-0.3, -0.25) is 9.10 Å². The van der Waals surface area contributed by atoms with Crippen LogP contribution in [0.15, 0.2) is 42.5 Å². The van der Waals surface area contributed by atoms with Gasteiger partial charge in [0.1, 0.15) is 6.04 Å². The topological polar surface area (TPSA) is 66.5 Å². The summed E-state index contributed by atoms with van der Waals surface area (Å²) in [5, 5.41) is 3.35. The molecule has 0 radical (unpaired) electrons. The molecule has 1 amide bonds. The van der Waals surface area contributed by atoms with Crippen LogP contribution in [0.5, 0.6) is 0 Å². The minimum Gasteiger partial charge on any atom is -0.324 e. The molecule has 5 nitrogen and oxygen atoms in total. The van der Waals surface area contributed by atoms with Crippen LogP contribution in [0.4, 0.5) is 11.4 Å². The molecule has 1 atom stereocenters. The highest BCUT2D eigenvalue weighted by Gasteiger charge is 2.32. The first-order chi connectivity index (χ1) is 12.7. The van der Waals surface area contributed by atoms with Crippen LogP contribution in [-0.2, 0) is 21.2 Å². The van der Waals surface area contributed by atoms with E-state index in [1.807, 2.05) is 32.0 Å². The Bertz CT molecular complexity index is 929. The fourth-order valence-corrected chi connectivity index (χ4v) is 4.47. The minimum atomic E-state index is -3.70. The zero-order valence-corrected chi connectivity index (χ0v) is 17.6. The van der Waals surface area contributed by atoms with Crippen molar-refractivity contribution < 1.29 is 13.2 Å². The maximum atomic E-state index is 13.1. The van der Waals surface area contributed by atoms with Gasteiger partial charge in [0, 0.05) is 10.7 Å². The summed E-state index contributed by atoms with van der Waals surface area (Å²) in [7, 11) is -3.70. The fraction of sp³-hybridized carbons (Fsp3) is 0.350. The monoisotopic (exact) mass is 408 g/mol. The molecule has 0 spiro atoms. The van der Waals surface area contributed by atoms with Gasteiger partial charge in [-0.15, -0.1) is 0 Å². The number of aryl methyl sites for hydroxylation is 2. The van der Waals surface area contributed by atoms with Gasteiger partial charge in [-0.2, -0.15) is 0 Å². The van der Waals surface area contributed by atoms with Gasteiger partial charge in [-0.25, -0.2) is 8.42 Å². The van der Waals surface area contributed by atoms with E-state index in [1.165, 1.54) is 0 Å². The van der Waals surface area contributed by atoms with E-state index in [4.69, 9.17) is 11.6 Å². The van der Waals surface area contributed by atoms with E-state index in [-0.39, 0.29) is 5.91 Å². The average molecular weight is 409 g/mol. The number of anilines is 2. The zero-order valence-electron chi connectivity index (χ0n) is 16.0. The number of sulfonamides is 1. The van der Waals surface area contributed by atoms with Crippen LogP contribution in [0, 0.1) is 6.92 Å². The van der Waals surface area contributed by atoms with Gasteiger partial charge in [0.25, 0.3) is 0 Å². The number of nitrogens with one attached hydrogen (secondary N) is 1. The highest BCUT2D eigenvalue weighted by Crippen LogP contribution is 2.27. The predicted molar refractivity (Wildman–Crippen MR) is 112 cm³/mol. The first-order valence-corrected chi connectivity index (χ1v) is 11.1. The van der Waals surface area contributed by atoms with E-state index < -0.39 is 16.1 Å². The van der Waals surface area contributed by atoms with Crippen molar-refractivity contribution in [2.24, 2.45) is 0 Å². The summed E-state index contributed by atoms with van der Waals surface area (Å²) in [4.78, 5) is 13.1. The second kappa shape index (κ2) is 8.76. The number of rotatable bonds is 7. The molecular formula is C20H25ClN2O3S. The molecule has 0 bridgehead atoms. The summed E-state index contributed by atoms with van der Waals surface area (Å²) < 4.78 is 26.1. The van der Waals surface area contributed by atoms with E-state index in [9.17, 15) is 13.2 Å². The molecule has 0 saturated heterocycles. The smallest absolute Gasteiger partial charge is 0.248 e. The molecule has 0 fully saturated rings. The molecule has 0 aliphatic heterocycles. The van der Waals surface area contributed by atoms with Gasteiger partial charge in [0.05, 0.1) is 11.9 Å². The quantitative estimate of drug-likeness (QED) is 0.738. The molecule has 0 aliphatic carbocycles. The highest BCUT2D eigenvalue weighted by atomic mass is 35.5. The third-order valence-corrected chi connectivity index (χ3v) is 5.80. The Balaban J connectivity index is 2.44. The summed E-state index contributed by atoms with van der Waals surface area (Å²) in [6.07, 6.45) is 2.17. The van der Waals surface area contributed by atoms with Crippen molar-refractivity contribution in [3.05, 3.63) is 58.6 Å². The standard InChI is InChI=1S/C20H25ClN2O3S/c1-5-15-10-7-9-14(3)19(15)22-20(24)18(6-2)23(27(4,25)26)17-12-8-11-16(21)13-17/h7-13,18H,5-6H2,1-4H3,(H,22,24). The van der Waals surface area contributed by atoms with E-state index in [2.05, 4.69) is 5.32 Å². The molecule has 27 heavy (non-hydrogen) atoms. The van der Waals surface area contributed by atoms with E-state index in [1.54, 1.807) is 31.2 Å². The van der Waals surface area contributed by atoms with Gasteiger partial charge in [0.2, 0.25) is 15.9 Å². The Labute approximate surface area is 166 Å². The number of hydrogen-bond acceptors (Lipinski definition) is 3. The van der Waals surface area contributed by atoms with Crippen molar-refractivity contribution in [3.8, 4) is 0 Å². The first-order valence-electron chi connectivity index (χ1n) is 8.83. The third kappa shape index (κ3) is 5.02. The molecular weight excluding hydrogens is 384 g/mol. The Morgan fingerprint density at radius 1 is 1.19 bits per heavy atom. The van der Waals surface area contributed by atoms with Gasteiger partial charge in [-0.1, -0.05) is 49.7 Å². The summed E-state index contributed by atoms with van der Waals surface area (Å²) in [5.41, 5.74) is 3.05.